The summed E-state index contributed by atoms with van der Waals surface area (Å²) < 4.78 is 0. The molecule has 0 radical (unpaired) electrons. The number of anilines is 1. The van der Waals surface area contributed by atoms with Gasteiger partial charge in [0, 0.05) is 60.9 Å². The molecule has 10 nitrogen and oxygen atoms in total. The molecule has 2 aromatic carbocycles. The average Bonchev–Trinajstić information content (AvgIpc) is 3.58. The molecule has 10 heteroatoms. The second-order valence-electron chi connectivity index (χ2n) is 8.69. The van der Waals surface area contributed by atoms with Crippen molar-refractivity contribution in [3.63, 3.8) is 0 Å². The first kappa shape index (κ1) is 23.3. The Morgan fingerprint density at radius 1 is 1.25 bits per heavy atom. The fourth-order valence-corrected chi connectivity index (χ4v) is 4.23. The number of H-pyrrole nitrogens is 2. The molecule has 36 heavy (non-hydrogen) atoms. The van der Waals surface area contributed by atoms with E-state index >= 15 is 0 Å². The molecule has 5 rings (SSSR count). The number of likely N-dealkylation sites (N-methyl/N-ethyl adjacent to an activating group) is 1. The SMILES string of the molecule is CN1CC[C@@](O)(C#Cc2cccc(NC(=O)c3n[nH]c4ccc(-c5cn[nH]c5CCO)cc34)c2)C1=O. The third-order valence-electron chi connectivity index (χ3n) is 6.21. The summed E-state index contributed by atoms with van der Waals surface area (Å²) in [6.07, 6.45) is 2.38. The van der Waals surface area contributed by atoms with Crippen molar-refractivity contribution in [1.29, 1.82) is 0 Å². The van der Waals surface area contributed by atoms with Gasteiger partial charge in [0.2, 0.25) is 5.60 Å². The number of rotatable bonds is 5. The highest BCUT2D eigenvalue weighted by atomic mass is 16.3. The number of nitrogens with one attached hydrogen (secondary N) is 3. The van der Waals surface area contributed by atoms with Crippen LogP contribution >= 0.6 is 0 Å². The smallest absolute Gasteiger partial charge is 0.276 e. The molecule has 182 valence electrons. The van der Waals surface area contributed by atoms with E-state index in [0.717, 1.165) is 16.8 Å². The molecular weight excluding hydrogens is 460 g/mol. The number of aromatic amines is 2. The Labute approximate surface area is 206 Å². The number of amides is 2. The molecule has 0 saturated carbocycles. The number of fused-ring (bicyclic) bond motifs is 1. The summed E-state index contributed by atoms with van der Waals surface area (Å²) in [4.78, 5) is 26.7. The lowest BCUT2D eigenvalue weighted by molar-refractivity contribution is -0.137. The van der Waals surface area contributed by atoms with Crippen molar-refractivity contribution in [2.75, 3.05) is 25.5 Å². The van der Waals surface area contributed by atoms with Gasteiger partial charge in [-0.05, 0) is 35.9 Å². The molecule has 1 aliphatic rings. The van der Waals surface area contributed by atoms with Gasteiger partial charge in [0.1, 0.15) is 0 Å². The molecular formula is C26H24N6O4. The lowest BCUT2D eigenvalue weighted by atomic mass is 10.0. The molecule has 0 bridgehead atoms. The zero-order chi connectivity index (χ0) is 25.3. The van der Waals surface area contributed by atoms with Gasteiger partial charge in [0.15, 0.2) is 5.69 Å². The maximum atomic E-state index is 13.1. The van der Waals surface area contributed by atoms with Gasteiger partial charge in [-0.2, -0.15) is 10.2 Å². The van der Waals surface area contributed by atoms with Crippen LogP contribution in [0.3, 0.4) is 0 Å². The third kappa shape index (κ3) is 4.33. The highest BCUT2D eigenvalue weighted by Gasteiger charge is 2.42. The van der Waals surface area contributed by atoms with Gasteiger partial charge < -0.3 is 20.4 Å². The number of aliphatic hydroxyl groups excluding tert-OH is 1. The van der Waals surface area contributed by atoms with Crippen LogP contribution in [0.2, 0.25) is 0 Å². The fraction of sp³-hybridized carbons (Fsp3) is 0.231. The predicted octanol–water partition coefficient (Wildman–Crippen LogP) is 1.68. The molecule has 1 aliphatic heterocycles. The molecule has 0 spiro atoms. The Bertz CT molecular complexity index is 1530. The van der Waals surface area contributed by atoms with Crippen LogP contribution in [0.5, 0.6) is 0 Å². The quantitative estimate of drug-likeness (QED) is 0.272. The number of nitrogens with zero attached hydrogens (tertiary/aromatic N) is 3. The number of carbonyl (C=O) groups is 2. The summed E-state index contributed by atoms with van der Waals surface area (Å²) in [7, 11) is 1.63. The van der Waals surface area contributed by atoms with Crippen molar-refractivity contribution < 1.29 is 19.8 Å². The number of benzene rings is 2. The summed E-state index contributed by atoms with van der Waals surface area (Å²) in [5, 5.41) is 37.3. The number of aliphatic hydroxyl groups is 2. The van der Waals surface area contributed by atoms with Gasteiger partial charge in [-0.15, -0.1) is 0 Å². The first-order chi connectivity index (χ1) is 17.4. The van der Waals surface area contributed by atoms with Gasteiger partial charge in [0.05, 0.1) is 11.7 Å². The van der Waals surface area contributed by atoms with E-state index < -0.39 is 17.4 Å². The Morgan fingerprint density at radius 2 is 2.11 bits per heavy atom. The number of hydrogen-bond donors (Lipinski definition) is 5. The lowest BCUT2D eigenvalue weighted by Crippen LogP contribution is -2.37. The lowest BCUT2D eigenvalue weighted by Gasteiger charge is -2.13. The molecule has 2 aromatic heterocycles. The molecule has 4 aromatic rings. The largest absolute Gasteiger partial charge is 0.396 e. The van der Waals surface area contributed by atoms with E-state index in [1.54, 1.807) is 37.5 Å². The predicted molar refractivity (Wildman–Crippen MR) is 133 cm³/mol. The topological polar surface area (TPSA) is 147 Å². The number of hydrogen-bond acceptors (Lipinski definition) is 6. The van der Waals surface area contributed by atoms with Crippen LogP contribution in [-0.2, 0) is 11.2 Å². The van der Waals surface area contributed by atoms with Crippen LogP contribution in [0.15, 0.2) is 48.7 Å². The molecule has 2 amide bonds. The average molecular weight is 485 g/mol. The third-order valence-corrected chi connectivity index (χ3v) is 6.21. The molecule has 1 fully saturated rings. The highest BCUT2D eigenvalue weighted by molar-refractivity contribution is 6.11. The van der Waals surface area contributed by atoms with Gasteiger partial charge >= 0.3 is 0 Å². The minimum atomic E-state index is -1.69. The van der Waals surface area contributed by atoms with Crippen LogP contribution in [0.4, 0.5) is 5.69 Å². The van der Waals surface area contributed by atoms with Crippen molar-refractivity contribution in [1.82, 2.24) is 25.3 Å². The summed E-state index contributed by atoms with van der Waals surface area (Å²) in [6.45, 7) is 0.440. The minimum Gasteiger partial charge on any atom is -0.396 e. The van der Waals surface area contributed by atoms with Crippen LogP contribution in [0, 0.1) is 11.8 Å². The first-order valence-electron chi connectivity index (χ1n) is 11.4. The summed E-state index contributed by atoms with van der Waals surface area (Å²) in [5.41, 5.74) is 2.79. The summed E-state index contributed by atoms with van der Waals surface area (Å²) >= 11 is 0. The summed E-state index contributed by atoms with van der Waals surface area (Å²) in [6, 6.07) is 12.5. The van der Waals surface area contributed by atoms with Gasteiger partial charge in [-0.25, -0.2) is 0 Å². The maximum absolute atomic E-state index is 13.1. The van der Waals surface area contributed by atoms with Crippen molar-refractivity contribution in [2.24, 2.45) is 0 Å². The number of aromatic nitrogens is 4. The van der Waals surface area contributed by atoms with Crippen LogP contribution in [-0.4, -0.2) is 73.1 Å². The summed E-state index contributed by atoms with van der Waals surface area (Å²) in [5.74, 6) is 4.71. The Morgan fingerprint density at radius 3 is 2.89 bits per heavy atom. The van der Waals surface area contributed by atoms with Crippen molar-refractivity contribution in [2.45, 2.75) is 18.4 Å². The minimum absolute atomic E-state index is 0.00705. The Kier molecular flexibility index (Phi) is 6.01. The van der Waals surface area contributed by atoms with E-state index in [4.69, 9.17) is 0 Å². The highest BCUT2D eigenvalue weighted by Crippen LogP contribution is 2.28. The van der Waals surface area contributed by atoms with E-state index in [9.17, 15) is 19.8 Å². The normalized spacial score (nSPS) is 17.3. The molecule has 5 N–H and O–H groups in total. The first-order valence-corrected chi connectivity index (χ1v) is 11.4. The second-order valence-corrected chi connectivity index (χ2v) is 8.69. The zero-order valence-electron chi connectivity index (χ0n) is 19.5. The van der Waals surface area contributed by atoms with Crippen molar-refractivity contribution in [3.05, 3.63) is 65.6 Å². The van der Waals surface area contributed by atoms with Crippen molar-refractivity contribution >= 4 is 28.4 Å². The molecule has 1 atom stereocenters. The monoisotopic (exact) mass is 484 g/mol. The number of likely N-dealkylation sites (tertiary alicyclic amines) is 1. The second kappa shape index (κ2) is 9.30. The van der Waals surface area contributed by atoms with E-state index in [0.29, 0.717) is 35.1 Å². The standard InChI is InChI=1S/C26H24N6O4/c1-32-11-10-26(36,25(32)35)9-7-16-3-2-4-18(13-16)28-24(34)23-19-14-17(5-6-21(19)30-31-23)20-15-27-29-22(20)8-12-33/h2-6,13-15,33,36H,8,10-12H2,1H3,(H,27,29)(H,28,34)(H,30,31)/t26-/m0/s1. The van der Waals surface area contributed by atoms with Crippen LogP contribution in [0.1, 0.15) is 28.2 Å². The van der Waals surface area contributed by atoms with E-state index in [2.05, 4.69) is 37.6 Å². The van der Waals surface area contributed by atoms with E-state index in [1.165, 1.54) is 4.90 Å². The Balaban J connectivity index is 1.38. The molecule has 0 unspecified atom stereocenters. The molecule has 0 aliphatic carbocycles. The number of carbonyl (C=O) groups excluding carboxylic acids is 2. The van der Waals surface area contributed by atoms with Crippen LogP contribution < -0.4 is 5.32 Å². The molecule has 1 saturated heterocycles. The van der Waals surface area contributed by atoms with Crippen molar-refractivity contribution in [3.8, 4) is 23.0 Å². The van der Waals surface area contributed by atoms with E-state index in [1.807, 2.05) is 18.2 Å². The Hall–Kier alpha value is -4.46. The zero-order valence-corrected chi connectivity index (χ0v) is 19.5. The van der Waals surface area contributed by atoms with E-state index in [-0.39, 0.29) is 18.7 Å². The fourth-order valence-electron chi connectivity index (χ4n) is 4.23. The maximum Gasteiger partial charge on any atom is 0.276 e. The van der Waals surface area contributed by atoms with Gasteiger partial charge in [0.25, 0.3) is 11.8 Å². The molecule has 3 heterocycles. The van der Waals surface area contributed by atoms with Gasteiger partial charge in [-0.1, -0.05) is 24.0 Å². The van der Waals surface area contributed by atoms with Gasteiger partial charge in [-0.3, -0.25) is 19.8 Å². The van der Waals surface area contributed by atoms with Crippen LogP contribution in [0.25, 0.3) is 22.0 Å².